The van der Waals surface area contributed by atoms with Crippen LogP contribution >= 0.6 is 15.9 Å². The van der Waals surface area contributed by atoms with Crippen molar-refractivity contribution in [2.45, 2.75) is 18.9 Å². The SMILES string of the molecule is OC(Cc1ccccc1Br)c1ccccc1OC(F)(F)F. The lowest BCUT2D eigenvalue weighted by molar-refractivity contribution is -0.275. The van der Waals surface area contributed by atoms with Gasteiger partial charge in [-0.25, -0.2) is 0 Å². The molecule has 0 bridgehead atoms. The van der Waals surface area contributed by atoms with E-state index < -0.39 is 12.5 Å². The molecule has 0 saturated carbocycles. The fourth-order valence-corrected chi connectivity index (χ4v) is 2.40. The Morgan fingerprint density at radius 1 is 1.05 bits per heavy atom. The van der Waals surface area contributed by atoms with E-state index in [9.17, 15) is 18.3 Å². The number of ether oxygens (including phenoxy) is 1. The van der Waals surface area contributed by atoms with Crippen molar-refractivity contribution in [2.75, 3.05) is 0 Å². The maximum Gasteiger partial charge on any atom is 0.573 e. The van der Waals surface area contributed by atoms with Crippen molar-refractivity contribution in [1.29, 1.82) is 0 Å². The van der Waals surface area contributed by atoms with Crippen molar-refractivity contribution >= 4 is 15.9 Å². The number of benzene rings is 2. The summed E-state index contributed by atoms with van der Waals surface area (Å²) in [6, 6.07) is 12.8. The molecular formula is C15H12BrF3O2. The highest BCUT2D eigenvalue weighted by Gasteiger charge is 2.32. The molecule has 2 aromatic carbocycles. The Labute approximate surface area is 128 Å². The summed E-state index contributed by atoms with van der Waals surface area (Å²) in [5, 5.41) is 10.2. The first-order valence-electron chi connectivity index (χ1n) is 6.13. The summed E-state index contributed by atoms with van der Waals surface area (Å²) in [4.78, 5) is 0. The van der Waals surface area contributed by atoms with Gasteiger partial charge in [0.1, 0.15) is 5.75 Å². The molecular weight excluding hydrogens is 349 g/mol. The molecule has 0 saturated heterocycles. The fraction of sp³-hybridized carbons (Fsp3) is 0.200. The zero-order valence-electron chi connectivity index (χ0n) is 10.8. The zero-order valence-corrected chi connectivity index (χ0v) is 12.4. The number of aliphatic hydroxyl groups excluding tert-OH is 1. The number of alkyl halides is 3. The quantitative estimate of drug-likeness (QED) is 0.861. The van der Waals surface area contributed by atoms with Gasteiger partial charge in [-0.05, 0) is 17.7 Å². The van der Waals surface area contributed by atoms with Gasteiger partial charge < -0.3 is 9.84 Å². The van der Waals surface area contributed by atoms with E-state index in [0.29, 0.717) is 0 Å². The van der Waals surface area contributed by atoms with Crippen molar-refractivity contribution in [2.24, 2.45) is 0 Å². The summed E-state index contributed by atoms with van der Waals surface area (Å²) >= 11 is 3.34. The first-order valence-corrected chi connectivity index (χ1v) is 6.92. The molecule has 0 fully saturated rings. The summed E-state index contributed by atoms with van der Waals surface area (Å²) < 4.78 is 41.8. The van der Waals surface area contributed by atoms with Gasteiger partial charge in [0.25, 0.3) is 0 Å². The summed E-state index contributed by atoms with van der Waals surface area (Å²) in [6.07, 6.45) is -5.70. The molecule has 112 valence electrons. The number of para-hydroxylation sites is 1. The van der Waals surface area contributed by atoms with Gasteiger partial charge in [0.15, 0.2) is 0 Å². The molecule has 0 aromatic heterocycles. The molecule has 0 aliphatic rings. The number of hydrogen-bond donors (Lipinski definition) is 1. The lowest BCUT2D eigenvalue weighted by Gasteiger charge is -2.17. The topological polar surface area (TPSA) is 29.5 Å². The van der Waals surface area contributed by atoms with E-state index in [-0.39, 0.29) is 17.7 Å². The largest absolute Gasteiger partial charge is 0.573 e. The molecule has 1 atom stereocenters. The van der Waals surface area contributed by atoms with Crippen LogP contribution in [0.1, 0.15) is 17.2 Å². The van der Waals surface area contributed by atoms with Crippen molar-refractivity contribution < 1.29 is 23.0 Å². The van der Waals surface area contributed by atoms with Crippen molar-refractivity contribution in [3.8, 4) is 5.75 Å². The zero-order chi connectivity index (χ0) is 15.5. The normalized spacial score (nSPS) is 13.0. The maximum absolute atomic E-state index is 12.4. The number of hydrogen-bond acceptors (Lipinski definition) is 2. The lowest BCUT2D eigenvalue weighted by Crippen LogP contribution is -2.19. The fourth-order valence-electron chi connectivity index (χ4n) is 1.96. The first kappa shape index (κ1) is 15.9. The number of halogens is 4. The molecule has 0 heterocycles. The van der Waals surface area contributed by atoms with Crippen molar-refractivity contribution in [1.82, 2.24) is 0 Å². The molecule has 21 heavy (non-hydrogen) atoms. The molecule has 1 unspecified atom stereocenters. The third kappa shape index (κ3) is 4.47. The standard InChI is InChI=1S/C15H12BrF3O2/c16-12-7-3-1-5-10(12)9-13(20)11-6-2-4-8-14(11)21-15(17,18)19/h1-8,13,20H,9H2. The summed E-state index contributed by atoms with van der Waals surface area (Å²) in [5.74, 6) is -0.385. The van der Waals surface area contributed by atoms with Gasteiger partial charge in [-0.3, -0.25) is 0 Å². The van der Waals surface area contributed by atoms with Gasteiger partial charge in [0, 0.05) is 16.5 Å². The molecule has 0 aliphatic heterocycles. The van der Waals surface area contributed by atoms with E-state index >= 15 is 0 Å². The molecule has 2 aromatic rings. The first-order chi connectivity index (χ1) is 9.87. The second-order valence-corrected chi connectivity index (χ2v) is 5.25. The minimum Gasteiger partial charge on any atom is -0.405 e. The minimum atomic E-state index is -4.79. The van der Waals surface area contributed by atoms with Crippen LogP contribution in [0.4, 0.5) is 13.2 Å². The minimum absolute atomic E-state index is 0.102. The van der Waals surface area contributed by atoms with E-state index in [2.05, 4.69) is 20.7 Å². The Kier molecular flexibility index (Phi) is 4.90. The van der Waals surface area contributed by atoms with Crippen LogP contribution < -0.4 is 4.74 Å². The highest BCUT2D eigenvalue weighted by Crippen LogP contribution is 2.32. The van der Waals surface area contributed by atoms with Gasteiger partial charge >= 0.3 is 6.36 Å². The Morgan fingerprint density at radius 2 is 1.67 bits per heavy atom. The van der Waals surface area contributed by atoms with Crippen LogP contribution in [0.3, 0.4) is 0 Å². The Balaban J connectivity index is 2.23. The van der Waals surface area contributed by atoms with E-state index in [4.69, 9.17) is 0 Å². The van der Waals surface area contributed by atoms with E-state index in [1.54, 1.807) is 24.3 Å². The van der Waals surface area contributed by atoms with E-state index in [1.165, 1.54) is 18.2 Å². The molecule has 2 nitrogen and oxygen atoms in total. The monoisotopic (exact) mass is 360 g/mol. The smallest absolute Gasteiger partial charge is 0.405 e. The predicted octanol–water partition coefficient (Wildman–Crippen LogP) is 4.62. The molecule has 6 heteroatoms. The maximum atomic E-state index is 12.4. The van der Waals surface area contributed by atoms with Crippen LogP contribution in [-0.4, -0.2) is 11.5 Å². The van der Waals surface area contributed by atoms with Gasteiger partial charge in [0.05, 0.1) is 6.10 Å². The van der Waals surface area contributed by atoms with Crippen LogP contribution in [0.15, 0.2) is 53.0 Å². The second-order valence-electron chi connectivity index (χ2n) is 4.40. The lowest BCUT2D eigenvalue weighted by atomic mass is 10.0. The molecule has 2 rings (SSSR count). The average molecular weight is 361 g/mol. The summed E-state index contributed by atoms with van der Waals surface area (Å²) in [7, 11) is 0. The third-order valence-corrected chi connectivity index (χ3v) is 3.65. The Bertz CT molecular complexity index is 614. The number of rotatable bonds is 4. The average Bonchev–Trinajstić information content (AvgIpc) is 2.40. The van der Waals surface area contributed by atoms with Crippen LogP contribution in [0.2, 0.25) is 0 Å². The van der Waals surface area contributed by atoms with Gasteiger partial charge in [-0.1, -0.05) is 52.3 Å². The molecule has 0 radical (unpaired) electrons. The van der Waals surface area contributed by atoms with Crippen LogP contribution in [0.5, 0.6) is 5.75 Å². The van der Waals surface area contributed by atoms with Crippen LogP contribution in [0, 0.1) is 0 Å². The Morgan fingerprint density at radius 3 is 2.33 bits per heavy atom. The second kappa shape index (κ2) is 6.49. The van der Waals surface area contributed by atoms with E-state index in [1.807, 2.05) is 6.07 Å². The molecule has 1 N–H and O–H groups in total. The summed E-state index contributed by atoms with van der Waals surface area (Å²) in [6.45, 7) is 0. The van der Waals surface area contributed by atoms with Crippen molar-refractivity contribution in [3.05, 3.63) is 64.1 Å². The van der Waals surface area contributed by atoms with Crippen molar-refractivity contribution in [3.63, 3.8) is 0 Å². The number of aliphatic hydroxyl groups is 1. The van der Waals surface area contributed by atoms with Gasteiger partial charge in [-0.2, -0.15) is 0 Å². The highest BCUT2D eigenvalue weighted by molar-refractivity contribution is 9.10. The summed E-state index contributed by atoms with van der Waals surface area (Å²) in [5.41, 5.74) is 0.900. The molecule has 0 aliphatic carbocycles. The predicted molar refractivity (Wildman–Crippen MR) is 75.9 cm³/mol. The van der Waals surface area contributed by atoms with Crippen LogP contribution in [0.25, 0.3) is 0 Å². The van der Waals surface area contributed by atoms with Gasteiger partial charge in [-0.15, -0.1) is 13.2 Å². The Hall–Kier alpha value is -1.53. The van der Waals surface area contributed by atoms with E-state index in [0.717, 1.165) is 10.0 Å². The van der Waals surface area contributed by atoms with Crippen LogP contribution in [-0.2, 0) is 6.42 Å². The molecule has 0 amide bonds. The molecule has 0 spiro atoms. The highest BCUT2D eigenvalue weighted by atomic mass is 79.9. The van der Waals surface area contributed by atoms with Gasteiger partial charge in [0.2, 0.25) is 0 Å². The third-order valence-electron chi connectivity index (χ3n) is 2.87.